The van der Waals surface area contributed by atoms with Crippen LogP contribution in [-0.2, 0) is 18.9 Å². The summed E-state index contributed by atoms with van der Waals surface area (Å²) in [6, 6.07) is 0. The Balaban J connectivity index is 1.05. The zero-order valence-electron chi connectivity index (χ0n) is 31.9. The summed E-state index contributed by atoms with van der Waals surface area (Å²) in [5.41, 5.74) is 0.706. The van der Waals surface area contributed by atoms with Crippen LogP contribution in [0.1, 0.15) is 112 Å². The van der Waals surface area contributed by atoms with E-state index in [0.717, 1.165) is 60.7 Å². The molecular weight excluding hydrogens is 656 g/mol. The standard InChI is InChI=1S/C40H70O11/c1-20(2)21(3)7-8-22(4)26-11-12-27-25-10-9-23-17-24(13-15-39(23,5)28(25)14-16-40(26,27)6)48-37-35(47)33(45)36(30(19-42)50-37)51-38-34(46)32(44)31(43)29(18-41)49-38/h20-38,41-47H,7-19H2,1-6H3/t21-,22-,23+,24+,25?,26-,27+,28?,29-,30-,31-,32+,33-,34-,35-,36-,37-,38-,39+,40-/m1/s1. The van der Waals surface area contributed by atoms with Crippen molar-refractivity contribution in [2.24, 2.45) is 58.2 Å². The third-order valence-corrected chi connectivity index (χ3v) is 15.9. The Labute approximate surface area is 305 Å². The molecular formula is C40H70O11. The Kier molecular flexibility index (Phi) is 12.6. The molecule has 296 valence electrons. The summed E-state index contributed by atoms with van der Waals surface area (Å²) >= 11 is 0. The van der Waals surface area contributed by atoms with E-state index < -0.39 is 74.6 Å². The predicted molar refractivity (Wildman–Crippen MR) is 189 cm³/mol. The number of aliphatic hydroxyl groups excluding tert-OH is 7. The molecule has 2 heterocycles. The summed E-state index contributed by atoms with van der Waals surface area (Å²) in [5, 5.41) is 72.7. The molecule has 11 heteroatoms. The highest BCUT2D eigenvalue weighted by Crippen LogP contribution is 2.68. The highest BCUT2D eigenvalue weighted by atomic mass is 16.7. The Hall–Kier alpha value is -0.440. The van der Waals surface area contributed by atoms with Crippen molar-refractivity contribution in [2.45, 2.75) is 180 Å². The summed E-state index contributed by atoms with van der Waals surface area (Å²) in [6.07, 6.45) is -1.27. The topological polar surface area (TPSA) is 179 Å². The molecule has 0 aromatic rings. The molecule has 4 saturated carbocycles. The molecule has 0 spiro atoms. The minimum atomic E-state index is -1.70. The molecule has 2 saturated heterocycles. The second kappa shape index (κ2) is 16.0. The molecule has 0 aromatic heterocycles. The van der Waals surface area contributed by atoms with Crippen molar-refractivity contribution in [1.29, 1.82) is 0 Å². The van der Waals surface area contributed by atoms with E-state index in [0.29, 0.717) is 11.3 Å². The highest BCUT2D eigenvalue weighted by Gasteiger charge is 2.61. The van der Waals surface area contributed by atoms with Crippen LogP contribution >= 0.6 is 0 Å². The lowest BCUT2D eigenvalue weighted by atomic mass is 9.44. The van der Waals surface area contributed by atoms with Gasteiger partial charge in [0.15, 0.2) is 12.6 Å². The van der Waals surface area contributed by atoms with Crippen LogP contribution in [0.4, 0.5) is 0 Å². The molecule has 6 fully saturated rings. The predicted octanol–water partition coefficient (Wildman–Crippen LogP) is 3.36. The van der Waals surface area contributed by atoms with Crippen molar-refractivity contribution in [2.75, 3.05) is 13.2 Å². The summed E-state index contributed by atoms with van der Waals surface area (Å²) in [6.45, 7) is 13.6. The fourth-order valence-corrected chi connectivity index (χ4v) is 12.2. The molecule has 2 unspecified atom stereocenters. The van der Waals surface area contributed by atoms with Gasteiger partial charge < -0.3 is 54.7 Å². The van der Waals surface area contributed by atoms with Gasteiger partial charge >= 0.3 is 0 Å². The maximum Gasteiger partial charge on any atom is 0.187 e. The molecule has 20 atom stereocenters. The molecule has 4 aliphatic carbocycles. The van der Waals surface area contributed by atoms with Crippen molar-refractivity contribution in [3.05, 3.63) is 0 Å². The molecule has 7 N–H and O–H groups in total. The Bertz CT molecular complexity index is 1140. The second-order valence-corrected chi connectivity index (χ2v) is 18.7. The number of fused-ring (bicyclic) bond motifs is 5. The van der Waals surface area contributed by atoms with E-state index >= 15 is 0 Å². The fourth-order valence-electron chi connectivity index (χ4n) is 12.2. The van der Waals surface area contributed by atoms with Gasteiger partial charge in [-0.2, -0.15) is 0 Å². The number of rotatable bonds is 11. The molecule has 0 amide bonds. The zero-order chi connectivity index (χ0) is 37.0. The third kappa shape index (κ3) is 7.46. The lowest BCUT2D eigenvalue weighted by molar-refractivity contribution is -0.364. The van der Waals surface area contributed by atoms with Crippen LogP contribution in [0, 0.1) is 58.2 Å². The highest BCUT2D eigenvalue weighted by molar-refractivity contribution is 5.10. The fraction of sp³-hybridized carbons (Fsp3) is 1.00. The first-order chi connectivity index (χ1) is 24.1. The third-order valence-electron chi connectivity index (χ3n) is 15.9. The van der Waals surface area contributed by atoms with Crippen molar-refractivity contribution in [3.8, 4) is 0 Å². The maximum atomic E-state index is 11.1. The number of aliphatic hydroxyl groups is 7. The monoisotopic (exact) mass is 726 g/mol. The first kappa shape index (κ1) is 40.2. The molecule has 6 rings (SSSR count). The van der Waals surface area contributed by atoms with E-state index in [1.807, 2.05) is 0 Å². The van der Waals surface area contributed by atoms with Gasteiger partial charge in [-0.25, -0.2) is 0 Å². The molecule has 0 bridgehead atoms. The summed E-state index contributed by atoms with van der Waals surface area (Å²) in [5.74, 6) is 6.00. The molecule has 11 nitrogen and oxygen atoms in total. The van der Waals surface area contributed by atoms with E-state index in [-0.39, 0.29) is 11.5 Å². The van der Waals surface area contributed by atoms with Gasteiger partial charge in [-0.1, -0.05) is 54.4 Å². The summed E-state index contributed by atoms with van der Waals surface area (Å²) in [7, 11) is 0. The van der Waals surface area contributed by atoms with Gasteiger partial charge in [0.1, 0.15) is 48.8 Å². The molecule has 0 aromatic carbocycles. The summed E-state index contributed by atoms with van der Waals surface area (Å²) < 4.78 is 23.5. The van der Waals surface area contributed by atoms with E-state index in [2.05, 4.69) is 41.5 Å². The average molecular weight is 727 g/mol. The van der Waals surface area contributed by atoms with Crippen molar-refractivity contribution >= 4 is 0 Å². The van der Waals surface area contributed by atoms with Gasteiger partial charge in [-0.15, -0.1) is 0 Å². The van der Waals surface area contributed by atoms with Crippen LogP contribution in [0.2, 0.25) is 0 Å². The van der Waals surface area contributed by atoms with Crippen molar-refractivity contribution in [1.82, 2.24) is 0 Å². The largest absolute Gasteiger partial charge is 0.394 e. The van der Waals surface area contributed by atoms with Crippen LogP contribution in [0.25, 0.3) is 0 Å². The normalized spacial score (nSPS) is 51.4. The van der Waals surface area contributed by atoms with E-state index in [1.165, 1.54) is 51.4 Å². The van der Waals surface area contributed by atoms with Crippen molar-refractivity contribution in [3.63, 3.8) is 0 Å². The summed E-state index contributed by atoms with van der Waals surface area (Å²) in [4.78, 5) is 0. The first-order valence-corrected chi connectivity index (χ1v) is 20.4. The van der Waals surface area contributed by atoms with E-state index in [9.17, 15) is 35.7 Å². The van der Waals surface area contributed by atoms with Crippen LogP contribution in [-0.4, -0.2) is 116 Å². The van der Waals surface area contributed by atoms with Gasteiger partial charge in [0.2, 0.25) is 0 Å². The lowest BCUT2D eigenvalue weighted by Crippen LogP contribution is -2.65. The molecule has 0 radical (unpaired) electrons. The van der Waals surface area contributed by atoms with Crippen LogP contribution in [0.5, 0.6) is 0 Å². The van der Waals surface area contributed by atoms with Crippen molar-refractivity contribution < 1.29 is 54.7 Å². The smallest absolute Gasteiger partial charge is 0.187 e. The lowest BCUT2D eigenvalue weighted by Gasteiger charge is -2.61. The van der Waals surface area contributed by atoms with Crippen LogP contribution in [0.15, 0.2) is 0 Å². The maximum absolute atomic E-state index is 11.1. The Morgan fingerprint density at radius 1 is 0.647 bits per heavy atom. The van der Waals surface area contributed by atoms with Gasteiger partial charge in [0, 0.05) is 0 Å². The van der Waals surface area contributed by atoms with Gasteiger partial charge in [-0.3, -0.25) is 0 Å². The second-order valence-electron chi connectivity index (χ2n) is 18.7. The number of hydrogen-bond acceptors (Lipinski definition) is 11. The zero-order valence-corrected chi connectivity index (χ0v) is 31.9. The van der Waals surface area contributed by atoms with Crippen LogP contribution in [0.3, 0.4) is 0 Å². The first-order valence-electron chi connectivity index (χ1n) is 20.4. The Morgan fingerprint density at radius 2 is 1.27 bits per heavy atom. The molecule has 51 heavy (non-hydrogen) atoms. The van der Waals surface area contributed by atoms with Crippen LogP contribution < -0.4 is 0 Å². The Morgan fingerprint density at radius 3 is 1.96 bits per heavy atom. The minimum absolute atomic E-state index is 0.160. The van der Waals surface area contributed by atoms with Gasteiger partial charge in [0.05, 0.1) is 19.3 Å². The number of hydrogen-bond donors (Lipinski definition) is 7. The van der Waals surface area contributed by atoms with Gasteiger partial charge in [-0.05, 0) is 116 Å². The quantitative estimate of drug-likeness (QED) is 0.155. The SMILES string of the molecule is CC(C)[C@H](C)CC[C@@H](C)[C@H]1CC[C@H]2C3CC[C@H]4C[C@@H](O[C@@H]5O[C@H](CO)[C@@H](O[C@H]6O[C@H](CO)[C@@H](O)[C@H](O)[C@H]6O)[C@H](O)[C@H]5O)CC[C@]4(C)C3CC[C@]12C. The van der Waals surface area contributed by atoms with E-state index in [1.54, 1.807) is 0 Å². The molecule has 6 aliphatic rings. The number of ether oxygens (including phenoxy) is 4. The van der Waals surface area contributed by atoms with Gasteiger partial charge in [0.25, 0.3) is 0 Å². The van der Waals surface area contributed by atoms with E-state index in [4.69, 9.17) is 18.9 Å². The molecule has 2 aliphatic heterocycles. The minimum Gasteiger partial charge on any atom is -0.394 e. The average Bonchev–Trinajstić information content (AvgIpc) is 3.47.